The molecule has 0 saturated carbocycles. The molecule has 58 valence electrons. The molecule has 0 atom stereocenters. The molecule has 2 N–H and O–H groups in total. The number of hydrogen-bond donors (Lipinski definition) is 1. The molecule has 1 aromatic rings. The Morgan fingerprint density at radius 2 is 2.55 bits per heavy atom. The Bertz CT molecular complexity index is 248. The number of nitrogen functional groups attached to an aromatic ring is 1. The van der Waals surface area contributed by atoms with E-state index in [1.54, 1.807) is 24.5 Å². The van der Waals surface area contributed by atoms with Gasteiger partial charge in [0.05, 0.1) is 11.9 Å². The molecule has 0 radical (unpaired) electrons. The van der Waals surface area contributed by atoms with E-state index in [9.17, 15) is 0 Å². The molecule has 11 heavy (non-hydrogen) atoms. The van der Waals surface area contributed by atoms with Crippen molar-refractivity contribution in [1.29, 1.82) is 0 Å². The van der Waals surface area contributed by atoms with E-state index in [1.165, 1.54) is 0 Å². The molecule has 0 aliphatic rings. The second-order valence-corrected chi connectivity index (χ2v) is 2.01. The first kappa shape index (κ1) is 7.60. The standard InChI is InChI=1S/C8H10N2O/c1-2-5-11-8-3-4-10-6-7(8)9/h2-4,6H,1,5,9H2. The largest absolute Gasteiger partial charge is 0.487 e. The summed E-state index contributed by atoms with van der Waals surface area (Å²) in [5, 5.41) is 0. The Balaban J connectivity index is 2.69. The van der Waals surface area contributed by atoms with Gasteiger partial charge in [0.15, 0.2) is 0 Å². The normalized spacial score (nSPS) is 9.09. The van der Waals surface area contributed by atoms with E-state index in [0.717, 1.165) is 0 Å². The molecule has 0 unspecified atom stereocenters. The zero-order valence-electron chi connectivity index (χ0n) is 6.16. The Kier molecular flexibility index (Phi) is 2.49. The lowest BCUT2D eigenvalue weighted by Gasteiger charge is -2.04. The molecule has 1 rings (SSSR count). The smallest absolute Gasteiger partial charge is 0.145 e. The fourth-order valence-corrected chi connectivity index (χ4v) is 0.674. The fourth-order valence-electron chi connectivity index (χ4n) is 0.674. The van der Waals surface area contributed by atoms with Crippen LogP contribution in [0.2, 0.25) is 0 Å². The van der Waals surface area contributed by atoms with Crippen molar-refractivity contribution in [2.45, 2.75) is 0 Å². The van der Waals surface area contributed by atoms with Crippen molar-refractivity contribution in [2.24, 2.45) is 0 Å². The highest BCUT2D eigenvalue weighted by molar-refractivity contribution is 5.49. The van der Waals surface area contributed by atoms with E-state index in [0.29, 0.717) is 18.0 Å². The summed E-state index contributed by atoms with van der Waals surface area (Å²) in [4.78, 5) is 3.82. The predicted molar refractivity (Wildman–Crippen MR) is 44.3 cm³/mol. The lowest BCUT2D eigenvalue weighted by molar-refractivity contribution is 0.365. The third-order valence-corrected chi connectivity index (χ3v) is 1.17. The molecule has 0 fully saturated rings. The Morgan fingerprint density at radius 3 is 3.18 bits per heavy atom. The maximum absolute atomic E-state index is 5.54. The second kappa shape index (κ2) is 3.61. The summed E-state index contributed by atoms with van der Waals surface area (Å²) in [6, 6.07) is 1.72. The van der Waals surface area contributed by atoms with Crippen molar-refractivity contribution in [3.8, 4) is 5.75 Å². The molecule has 1 aromatic heterocycles. The minimum absolute atomic E-state index is 0.466. The van der Waals surface area contributed by atoms with Gasteiger partial charge in [-0.3, -0.25) is 4.98 Å². The first-order chi connectivity index (χ1) is 5.34. The van der Waals surface area contributed by atoms with Gasteiger partial charge in [-0.25, -0.2) is 0 Å². The molecule has 0 saturated heterocycles. The number of ether oxygens (including phenoxy) is 1. The number of aromatic nitrogens is 1. The van der Waals surface area contributed by atoms with Crippen LogP contribution >= 0.6 is 0 Å². The summed E-state index contributed by atoms with van der Waals surface area (Å²) in [5.41, 5.74) is 6.09. The van der Waals surface area contributed by atoms with Crippen molar-refractivity contribution in [3.05, 3.63) is 31.1 Å². The molecule has 0 amide bonds. The number of rotatable bonds is 3. The van der Waals surface area contributed by atoms with Crippen molar-refractivity contribution < 1.29 is 4.74 Å². The summed E-state index contributed by atoms with van der Waals surface area (Å²) < 4.78 is 5.20. The first-order valence-corrected chi connectivity index (χ1v) is 3.28. The average Bonchev–Trinajstić information content (AvgIpc) is 2.03. The first-order valence-electron chi connectivity index (χ1n) is 3.28. The Morgan fingerprint density at radius 1 is 1.73 bits per heavy atom. The molecule has 1 heterocycles. The van der Waals surface area contributed by atoms with Crippen LogP contribution in [-0.2, 0) is 0 Å². The molecule has 3 nitrogen and oxygen atoms in total. The van der Waals surface area contributed by atoms with Gasteiger partial charge in [-0.2, -0.15) is 0 Å². The average molecular weight is 150 g/mol. The predicted octanol–water partition coefficient (Wildman–Crippen LogP) is 1.23. The third-order valence-electron chi connectivity index (χ3n) is 1.17. The molecule has 0 spiro atoms. The van der Waals surface area contributed by atoms with Crippen molar-refractivity contribution in [1.82, 2.24) is 4.98 Å². The third kappa shape index (κ3) is 1.97. The summed E-state index contributed by atoms with van der Waals surface area (Å²) in [6.45, 7) is 3.99. The van der Waals surface area contributed by atoms with Crippen LogP contribution < -0.4 is 10.5 Å². The number of nitrogens with two attached hydrogens (primary N) is 1. The highest BCUT2D eigenvalue weighted by atomic mass is 16.5. The van der Waals surface area contributed by atoms with Gasteiger partial charge in [-0.1, -0.05) is 12.7 Å². The summed E-state index contributed by atoms with van der Waals surface area (Å²) >= 11 is 0. The van der Waals surface area contributed by atoms with E-state index < -0.39 is 0 Å². The maximum Gasteiger partial charge on any atom is 0.145 e. The van der Waals surface area contributed by atoms with Gasteiger partial charge in [0.1, 0.15) is 12.4 Å². The van der Waals surface area contributed by atoms with Crippen LogP contribution in [0.1, 0.15) is 0 Å². The fraction of sp³-hybridized carbons (Fsp3) is 0.125. The molecular formula is C8H10N2O. The Labute approximate surface area is 65.5 Å². The zero-order chi connectivity index (χ0) is 8.10. The summed E-state index contributed by atoms with van der Waals surface area (Å²) in [7, 11) is 0. The van der Waals surface area contributed by atoms with Gasteiger partial charge in [0, 0.05) is 12.3 Å². The monoisotopic (exact) mass is 150 g/mol. The van der Waals surface area contributed by atoms with Crippen LogP contribution in [0.25, 0.3) is 0 Å². The van der Waals surface area contributed by atoms with E-state index in [-0.39, 0.29) is 0 Å². The summed E-state index contributed by atoms with van der Waals surface area (Å²) in [6.07, 6.45) is 4.85. The van der Waals surface area contributed by atoms with Gasteiger partial charge < -0.3 is 10.5 Å². The van der Waals surface area contributed by atoms with Crippen molar-refractivity contribution in [2.75, 3.05) is 12.3 Å². The highest BCUT2D eigenvalue weighted by Gasteiger charge is 1.95. The minimum atomic E-state index is 0.466. The number of anilines is 1. The molecule has 0 bridgehead atoms. The van der Waals surface area contributed by atoms with Gasteiger partial charge >= 0.3 is 0 Å². The lowest BCUT2D eigenvalue weighted by Crippen LogP contribution is -1.97. The van der Waals surface area contributed by atoms with E-state index in [1.807, 2.05) is 0 Å². The molecule has 0 aliphatic carbocycles. The van der Waals surface area contributed by atoms with Gasteiger partial charge in [-0.15, -0.1) is 0 Å². The molecule has 0 aliphatic heterocycles. The van der Waals surface area contributed by atoms with Crippen LogP contribution in [0, 0.1) is 0 Å². The van der Waals surface area contributed by atoms with E-state index >= 15 is 0 Å². The maximum atomic E-state index is 5.54. The SMILES string of the molecule is C=CCOc1ccncc1N. The van der Waals surface area contributed by atoms with Crippen LogP contribution in [0.3, 0.4) is 0 Å². The lowest BCUT2D eigenvalue weighted by atomic mass is 10.4. The van der Waals surface area contributed by atoms with Crippen LogP contribution in [0.4, 0.5) is 5.69 Å². The molecule has 3 heteroatoms. The number of pyridine rings is 1. The quantitative estimate of drug-likeness (QED) is 0.659. The van der Waals surface area contributed by atoms with Gasteiger partial charge in [0.2, 0.25) is 0 Å². The van der Waals surface area contributed by atoms with Gasteiger partial charge in [0.25, 0.3) is 0 Å². The minimum Gasteiger partial charge on any atom is -0.487 e. The van der Waals surface area contributed by atoms with Crippen LogP contribution in [-0.4, -0.2) is 11.6 Å². The molecule has 0 aromatic carbocycles. The van der Waals surface area contributed by atoms with Crippen molar-refractivity contribution in [3.63, 3.8) is 0 Å². The number of hydrogen-bond acceptors (Lipinski definition) is 3. The van der Waals surface area contributed by atoms with Crippen molar-refractivity contribution >= 4 is 5.69 Å². The topological polar surface area (TPSA) is 48.1 Å². The van der Waals surface area contributed by atoms with Crippen LogP contribution in [0.15, 0.2) is 31.1 Å². The Hall–Kier alpha value is -1.51. The van der Waals surface area contributed by atoms with E-state index in [4.69, 9.17) is 10.5 Å². The molecular weight excluding hydrogens is 140 g/mol. The second-order valence-electron chi connectivity index (χ2n) is 2.01. The zero-order valence-corrected chi connectivity index (χ0v) is 6.16. The number of nitrogens with zero attached hydrogens (tertiary/aromatic N) is 1. The van der Waals surface area contributed by atoms with Gasteiger partial charge in [-0.05, 0) is 0 Å². The van der Waals surface area contributed by atoms with Crippen LogP contribution in [0.5, 0.6) is 5.75 Å². The van der Waals surface area contributed by atoms with E-state index in [2.05, 4.69) is 11.6 Å². The summed E-state index contributed by atoms with van der Waals surface area (Å²) in [5.74, 6) is 0.653. The highest BCUT2D eigenvalue weighted by Crippen LogP contribution is 2.17.